The van der Waals surface area contributed by atoms with Crippen LogP contribution >= 0.6 is 0 Å². The fourth-order valence-electron chi connectivity index (χ4n) is 4.74. The van der Waals surface area contributed by atoms with Crippen LogP contribution in [0, 0.1) is 23.2 Å². The Hall–Kier alpha value is -0.353. The van der Waals surface area contributed by atoms with Gasteiger partial charge in [-0.05, 0) is 49.7 Å². The monoisotopic (exact) mass is 342 g/mol. The number of carbonyl (C=O) groups is 1. The summed E-state index contributed by atoms with van der Waals surface area (Å²) in [5.74, 6) is 0.961. The molecular weight excluding hydrogens is 304 g/mol. The molecule has 0 aromatic carbocycles. The van der Waals surface area contributed by atoms with Crippen LogP contribution in [0.3, 0.4) is 0 Å². The molecule has 1 saturated carbocycles. The average Bonchev–Trinajstić information content (AvgIpc) is 2.48. The number of rotatable bonds is 8. The number of carbonyl (C=O) groups excluding carboxylic acids is 1. The maximum absolute atomic E-state index is 12.6. The topological polar surface area (TPSA) is 35.5 Å². The molecule has 23 heavy (non-hydrogen) atoms. The summed E-state index contributed by atoms with van der Waals surface area (Å²) in [6.07, 6.45) is 2.17. The first-order valence-corrected chi connectivity index (χ1v) is 12.1. The van der Waals surface area contributed by atoms with Gasteiger partial charge >= 0.3 is 5.97 Å². The molecule has 136 valence electrons. The van der Waals surface area contributed by atoms with Gasteiger partial charge in [0.15, 0.2) is 8.32 Å². The summed E-state index contributed by atoms with van der Waals surface area (Å²) in [7, 11) is -1.63. The van der Waals surface area contributed by atoms with Crippen molar-refractivity contribution >= 4 is 14.3 Å². The van der Waals surface area contributed by atoms with Gasteiger partial charge < -0.3 is 9.16 Å². The van der Waals surface area contributed by atoms with Crippen LogP contribution in [0.1, 0.15) is 61.3 Å². The highest BCUT2D eigenvalue weighted by molar-refractivity contribution is 6.73. The number of esters is 1. The van der Waals surface area contributed by atoms with Gasteiger partial charge in [0.05, 0.1) is 12.5 Å². The molecule has 0 unspecified atom stereocenters. The van der Waals surface area contributed by atoms with Crippen molar-refractivity contribution in [2.75, 3.05) is 13.2 Å². The lowest BCUT2D eigenvalue weighted by molar-refractivity contribution is -0.161. The average molecular weight is 343 g/mol. The van der Waals surface area contributed by atoms with E-state index in [0.29, 0.717) is 25.0 Å². The van der Waals surface area contributed by atoms with Crippen LogP contribution in [0.2, 0.25) is 18.1 Å². The Morgan fingerprint density at radius 2 is 1.70 bits per heavy atom. The van der Waals surface area contributed by atoms with E-state index in [1.165, 1.54) is 0 Å². The number of hydrogen-bond acceptors (Lipinski definition) is 3. The molecule has 0 spiro atoms. The Bertz CT molecular complexity index is 373. The zero-order valence-corrected chi connectivity index (χ0v) is 17.4. The largest absolute Gasteiger partial charge is 0.466 e. The zero-order chi connectivity index (χ0) is 17.7. The summed E-state index contributed by atoms with van der Waals surface area (Å²) in [6, 6.07) is 3.47. The van der Waals surface area contributed by atoms with E-state index in [1.807, 2.05) is 6.92 Å². The SMILES string of the molecule is CCOC(=O)[C@@H]1[C@@H](C)C[C@@H](C)C[C@@]1(C)CO[Si](CC)(CC)CC. The minimum Gasteiger partial charge on any atom is -0.466 e. The molecule has 1 aliphatic carbocycles. The molecular formula is C19H38O3Si. The standard InChI is InChI=1S/C19H38O3Si/c1-8-21-18(20)17-16(6)12-15(5)13-19(17,7)14-22-23(9-2,10-3)11-4/h15-17H,8-14H2,1-7H3/t15-,16+,17+,19+/m1/s1. The Balaban J connectivity index is 2.97. The molecule has 0 heterocycles. The van der Waals surface area contributed by atoms with Gasteiger partial charge in [-0.3, -0.25) is 4.79 Å². The lowest BCUT2D eigenvalue weighted by Crippen LogP contribution is -2.49. The molecule has 1 aliphatic rings. The molecule has 3 nitrogen and oxygen atoms in total. The third kappa shape index (κ3) is 4.82. The molecule has 0 radical (unpaired) electrons. The van der Waals surface area contributed by atoms with E-state index in [0.717, 1.165) is 31.0 Å². The van der Waals surface area contributed by atoms with Gasteiger partial charge in [0.2, 0.25) is 0 Å². The smallest absolute Gasteiger partial charge is 0.309 e. The predicted molar refractivity (Wildman–Crippen MR) is 98.9 cm³/mol. The second-order valence-corrected chi connectivity index (χ2v) is 12.7. The zero-order valence-electron chi connectivity index (χ0n) is 16.4. The maximum Gasteiger partial charge on any atom is 0.309 e. The quantitative estimate of drug-likeness (QED) is 0.446. The van der Waals surface area contributed by atoms with Crippen LogP contribution in [0.15, 0.2) is 0 Å². The minimum absolute atomic E-state index is 0.0187. The molecule has 0 bridgehead atoms. The van der Waals surface area contributed by atoms with Gasteiger partial charge in [-0.25, -0.2) is 0 Å². The molecule has 0 N–H and O–H groups in total. The summed E-state index contributed by atoms with van der Waals surface area (Å²) >= 11 is 0. The molecule has 0 saturated heterocycles. The first kappa shape index (κ1) is 20.7. The van der Waals surface area contributed by atoms with Crippen molar-refractivity contribution in [2.45, 2.75) is 79.4 Å². The molecule has 0 aromatic rings. The van der Waals surface area contributed by atoms with Gasteiger partial charge in [-0.2, -0.15) is 0 Å². The van der Waals surface area contributed by atoms with Crippen molar-refractivity contribution in [1.29, 1.82) is 0 Å². The van der Waals surface area contributed by atoms with Crippen molar-refractivity contribution in [3.8, 4) is 0 Å². The second-order valence-electron chi connectivity index (χ2n) is 7.94. The molecule has 0 amide bonds. The van der Waals surface area contributed by atoms with Crippen molar-refractivity contribution in [3.05, 3.63) is 0 Å². The fraction of sp³-hybridized carbons (Fsp3) is 0.947. The van der Waals surface area contributed by atoms with Gasteiger partial charge in [0.1, 0.15) is 0 Å². The molecule has 0 aromatic heterocycles. The third-order valence-electron chi connectivity index (χ3n) is 6.09. The Labute approximate surface area is 144 Å². The number of ether oxygens (including phenoxy) is 1. The van der Waals surface area contributed by atoms with Crippen molar-refractivity contribution in [1.82, 2.24) is 0 Å². The molecule has 1 rings (SSSR count). The predicted octanol–water partition coefficient (Wildman–Crippen LogP) is 5.26. The van der Waals surface area contributed by atoms with E-state index in [-0.39, 0.29) is 17.3 Å². The molecule has 1 fully saturated rings. The van der Waals surface area contributed by atoms with Crippen LogP contribution in [0.25, 0.3) is 0 Å². The summed E-state index contributed by atoms with van der Waals surface area (Å²) in [5.41, 5.74) is -0.0961. The molecule has 4 atom stereocenters. The van der Waals surface area contributed by atoms with Crippen LogP contribution in [0.4, 0.5) is 0 Å². The lowest BCUT2D eigenvalue weighted by atomic mass is 9.60. The third-order valence-corrected chi connectivity index (χ3v) is 10.7. The Kier molecular flexibility index (Phi) is 7.79. The summed E-state index contributed by atoms with van der Waals surface area (Å²) in [5, 5.41) is 0. The first-order valence-electron chi connectivity index (χ1n) is 9.58. The maximum atomic E-state index is 12.6. The van der Waals surface area contributed by atoms with E-state index in [4.69, 9.17) is 9.16 Å². The summed E-state index contributed by atoms with van der Waals surface area (Å²) in [6.45, 7) is 16.6. The minimum atomic E-state index is -1.63. The van der Waals surface area contributed by atoms with Gasteiger partial charge in [0.25, 0.3) is 0 Å². The van der Waals surface area contributed by atoms with Crippen molar-refractivity contribution < 1.29 is 14.0 Å². The van der Waals surface area contributed by atoms with Crippen LogP contribution < -0.4 is 0 Å². The van der Waals surface area contributed by atoms with E-state index >= 15 is 0 Å². The van der Waals surface area contributed by atoms with E-state index in [9.17, 15) is 4.79 Å². The Morgan fingerprint density at radius 3 is 2.17 bits per heavy atom. The van der Waals surface area contributed by atoms with Gasteiger partial charge in [0, 0.05) is 12.0 Å². The van der Waals surface area contributed by atoms with Crippen molar-refractivity contribution in [2.24, 2.45) is 23.2 Å². The van der Waals surface area contributed by atoms with Crippen LogP contribution in [-0.4, -0.2) is 27.5 Å². The summed E-state index contributed by atoms with van der Waals surface area (Å²) in [4.78, 5) is 12.6. The van der Waals surface area contributed by atoms with E-state index in [2.05, 4.69) is 41.5 Å². The summed E-state index contributed by atoms with van der Waals surface area (Å²) < 4.78 is 12.0. The van der Waals surface area contributed by atoms with Crippen molar-refractivity contribution in [3.63, 3.8) is 0 Å². The lowest BCUT2D eigenvalue weighted by Gasteiger charge is -2.47. The van der Waals surface area contributed by atoms with Gasteiger partial charge in [-0.1, -0.05) is 41.5 Å². The highest BCUT2D eigenvalue weighted by atomic mass is 28.4. The Morgan fingerprint density at radius 1 is 1.13 bits per heavy atom. The fourth-order valence-corrected chi connectivity index (χ4v) is 7.48. The normalized spacial score (nSPS) is 31.9. The second kappa shape index (κ2) is 8.66. The van der Waals surface area contributed by atoms with E-state index < -0.39 is 8.32 Å². The highest BCUT2D eigenvalue weighted by Gasteiger charge is 2.48. The number of hydrogen-bond donors (Lipinski definition) is 0. The highest BCUT2D eigenvalue weighted by Crippen LogP contribution is 2.48. The molecule has 0 aliphatic heterocycles. The van der Waals surface area contributed by atoms with Gasteiger partial charge in [-0.15, -0.1) is 0 Å². The van der Waals surface area contributed by atoms with Crippen LogP contribution in [0.5, 0.6) is 0 Å². The van der Waals surface area contributed by atoms with E-state index in [1.54, 1.807) is 0 Å². The first-order chi connectivity index (χ1) is 10.8. The van der Waals surface area contributed by atoms with Crippen LogP contribution in [-0.2, 0) is 14.0 Å². The molecule has 4 heteroatoms.